The Balaban J connectivity index is 0.000000198. The van der Waals surface area contributed by atoms with Gasteiger partial charge in [0.15, 0.2) is 0 Å². The molecule has 0 spiro atoms. The first-order chi connectivity index (χ1) is 15.9. The van der Waals surface area contributed by atoms with E-state index in [-0.39, 0.29) is 11.1 Å². The van der Waals surface area contributed by atoms with Gasteiger partial charge in [-0.05, 0) is 54.6 Å². The number of esters is 2. The smallest absolute Gasteiger partial charge is 0.340 e. The van der Waals surface area contributed by atoms with Gasteiger partial charge in [-0.15, -0.1) is 0 Å². The summed E-state index contributed by atoms with van der Waals surface area (Å²) in [6.45, 7) is 0. The lowest BCUT2D eigenvalue weighted by Crippen LogP contribution is -2.04. The molecule has 2 aromatic heterocycles. The highest BCUT2D eigenvalue weighted by molar-refractivity contribution is 9.10. The molecule has 0 saturated carbocycles. The Morgan fingerprint density at radius 1 is 0.788 bits per heavy atom. The van der Waals surface area contributed by atoms with Gasteiger partial charge in [0.25, 0.3) is 0 Å². The molecule has 0 aliphatic heterocycles. The SMILES string of the molecule is COC(=O)c1ccc(-c2ccc[nH]2)cc1F.COC(=O)c1ccc(Br)cc1F.c1cc[nH]c1. The van der Waals surface area contributed by atoms with E-state index in [4.69, 9.17) is 0 Å². The molecule has 0 bridgehead atoms. The molecule has 0 aliphatic carbocycles. The molecule has 4 rings (SSSR count). The molecule has 33 heavy (non-hydrogen) atoms. The van der Waals surface area contributed by atoms with Crippen LogP contribution in [-0.2, 0) is 9.47 Å². The minimum Gasteiger partial charge on any atom is -0.465 e. The zero-order valence-corrected chi connectivity index (χ0v) is 19.4. The number of carbonyl (C=O) groups is 2. The number of ether oxygens (including phenoxy) is 2. The van der Waals surface area contributed by atoms with Crippen LogP contribution in [0.5, 0.6) is 0 Å². The van der Waals surface area contributed by atoms with Crippen molar-refractivity contribution < 1.29 is 27.8 Å². The van der Waals surface area contributed by atoms with Gasteiger partial charge in [0.2, 0.25) is 0 Å². The molecular formula is C24H21BrF2N2O4. The fraction of sp³-hybridized carbons (Fsp3) is 0.0833. The topological polar surface area (TPSA) is 84.2 Å². The van der Waals surface area contributed by atoms with Gasteiger partial charge in [0.05, 0.1) is 25.3 Å². The summed E-state index contributed by atoms with van der Waals surface area (Å²) >= 11 is 3.08. The van der Waals surface area contributed by atoms with Crippen molar-refractivity contribution in [1.29, 1.82) is 0 Å². The van der Waals surface area contributed by atoms with E-state index in [0.29, 0.717) is 10.0 Å². The van der Waals surface area contributed by atoms with Crippen LogP contribution in [0.1, 0.15) is 20.7 Å². The minimum atomic E-state index is -0.671. The minimum absolute atomic E-state index is 0.0549. The van der Waals surface area contributed by atoms with Crippen molar-refractivity contribution in [3.63, 3.8) is 0 Å². The molecule has 4 aromatic rings. The predicted molar refractivity (Wildman–Crippen MR) is 124 cm³/mol. The summed E-state index contributed by atoms with van der Waals surface area (Å²) in [4.78, 5) is 27.9. The first-order valence-electron chi connectivity index (χ1n) is 9.50. The summed E-state index contributed by atoms with van der Waals surface area (Å²) in [6, 6.07) is 16.1. The maximum Gasteiger partial charge on any atom is 0.340 e. The number of rotatable bonds is 3. The number of carbonyl (C=O) groups excluding carboxylic acids is 2. The standard InChI is InChI=1S/C12H10FNO2.C8H6BrFO2.C4H5N/c1-16-12(15)9-5-4-8(7-10(9)13)11-3-2-6-14-11;1-12-8(11)6-3-2-5(9)4-7(6)10;1-2-4-5-3-1/h2-7,14H,1H3;2-4H,1H3;1-5H. The normalized spacial score (nSPS) is 9.61. The number of aromatic nitrogens is 2. The van der Waals surface area contributed by atoms with Crippen LogP contribution in [0.3, 0.4) is 0 Å². The number of halogens is 3. The summed E-state index contributed by atoms with van der Waals surface area (Å²) in [6.07, 6.45) is 5.50. The van der Waals surface area contributed by atoms with Gasteiger partial charge in [-0.3, -0.25) is 0 Å². The van der Waals surface area contributed by atoms with Crippen molar-refractivity contribution in [3.05, 3.63) is 106 Å². The van der Waals surface area contributed by atoms with Gasteiger partial charge in [-0.25, -0.2) is 18.4 Å². The number of benzene rings is 2. The van der Waals surface area contributed by atoms with Crippen molar-refractivity contribution >= 4 is 27.9 Å². The zero-order valence-electron chi connectivity index (χ0n) is 17.8. The number of nitrogens with one attached hydrogen (secondary N) is 2. The van der Waals surface area contributed by atoms with Gasteiger partial charge < -0.3 is 19.4 Å². The lowest BCUT2D eigenvalue weighted by molar-refractivity contribution is 0.0586. The van der Waals surface area contributed by atoms with E-state index in [0.717, 1.165) is 5.69 Å². The van der Waals surface area contributed by atoms with E-state index in [1.807, 2.05) is 36.7 Å². The van der Waals surface area contributed by atoms with Gasteiger partial charge in [0.1, 0.15) is 11.6 Å². The summed E-state index contributed by atoms with van der Waals surface area (Å²) in [5, 5.41) is 0. The molecule has 0 unspecified atom stereocenters. The van der Waals surface area contributed by atoms with E-state index in [9.17, 15) is 18.4 Å². The number of hydrogen-bond donors (Lipinski definition) is 2. The van der Waals surface area contributed by atoms with E-state index in [1.165, 1.54) is 38.5 Å². The maximum absolute atomic E-state index is 13.6. The highest BCUT2D eigenvalue weighted by atomic mass is 79.9. The van der Waals surface area contributed by atoms with Crippen LogP contribution in [-0.4, -0.2) is 36.1 Å². The van der Waals surface area contributed by atoms with Crippen LogP contribution in [0.2, 0.25) is 0 Å². The zero-order chi connectivity index (χ0) is 24.2. The Labute approximate surface area is 197 Å². The second-order valence-corrected chi connectivity index (χ2v) is 7.19. The quantitative estimate of drug-likeness (QED) is 0.326. The van der Waals surface area contributed by atoms with Gasteiger partial charge >= 0.3 is 11.9 Å². The second kappa shape index (κ2) is 13.0. The summed E-state index contributed by atoms with van der Waals surface area (Å²) in [5.41, 5.74) is 1.38. The number of aromatic amines is 2. The van der Waals surface area contributed by atoms with Crippen LogP contribution >= 0.6 is 15.9 Å². The Morgan fingerprint density at radius 2 is 1.36 bits per heavy atom. The van der Waals surface area contributed by atoms with Crippen molar-refractivity contribution in [2.75, 3.05) is 14.2 Å². The molecule has 0 aliphatic rings. The van der Waals surface area contributed by atoms with E-state index < -0.39 is 23.6 Å². The van der Waals surface area contributed by atoms with Crippen LogP contribution < -0.4 is 0 Å². The first kappa shape index (κ1) is 25.5. The van der Waals surface area contributed by atoms with Gasteiger partial charge in [0, 0.05) is 34.3 Å². The van der Waals surface area contributed by atoms with Crippen molar-refractivity contribution in [2.45, 2.75) is 0 Å². The molecular weight excluding hydrogens is 498 g/mol. The summed E-state index contributed by atoms with van der Waals surface area (Å²) in [5.74, 6) is -2.51. The van der Waals surface area contributed by atoms with Gasteiger partial charge in [-0.1, -0.05) is 22.0 Å². The van der Waals surface area contributed by atoms with Crippen LogP contribution in [0.4, 0.5) is 8.78 Å². The average molecular weight is 519 g/mol. The van der Waals surface area contributed by atoms with Crippen LogP contribution in [0.25, 0.3) is 11.3 Å². The van der Waals surface area contributed by atoms with Crippen molar-refractivity contribution in [3.8, 4) is 11.3 Å². The lowest BCUT2D eigenvalue weighted by Gasteiger charge is -2.03. The third-order valence-electron chi connectivity index (χ3n) is 4.12. The van der Waals surface area contributed by atoms with Crippen LogP contribution in [0.15, 0.2) is 83.7 Å². The van der Waals surface area contributed by atoms with Crippen molar-refractivity contribution in [1.82, 2.24) is 9.97 Å². The molecule has 6 nitrogen and oxygen atoms in total. The highest BCUT2D eigenvalue weighted by Gasteiger charge is 2.13. The van der Waals surface area contributed by atoms with Crippen molar-refractivity contribution in [2.24, 2.45) is 0 Å². The molecule has 0 radical (unpaired) electrons. The third-order valence-corrected chi connectivity index (χ3v) is 4.61. The van der Waals surface area contributed by atoms with E-state index >= 15 is 0 Å². The Kier molecular flexibility index (Phi) is 10.0. The summed E-state index contributed by atoms with van der Waals surface area (Å²) < 4.78 is 35.9. The molecule has 2 aromatic carbocycles. The molecule has 2 heterocycles. The van der Waals surface area contributed by atoms with E-state index in [2.05, 4.69) is 35.4 Å². The Bertz CT molecular complexity index is 1150. The predicted octanol–water partition coefficient (Wildman–Crippen LogP) is 6.00. The Hall–Kier alpha value is -3.72. The van der Waals surface area contributed by atoms with Gasteiger partial charge in [-0.2, -0.15) is 0 Å². The van der Waals surface area contributed by atoms with Crippen LogP contribution in [0, 0.1) is 11.6 Å². The maximum atomic E-state index is 13.6. The Morgan fingerprint density at radius 3 is 1.79 bits per heavy atom. The second-order valence-electron chi connectivity index (χ2n) is 6.27. The molecule has 0 fully saturated rings. The highest BCUT2D eigenvalue weighted by Crippen LogP contribution is 2.20. The molecule has 9 heteroatoms. The number of methoxy groups -OCH3 is 2. The monoisotopic (exact) mass is 518 g/mol. The third kappa shape index (κ3) is 7.73. The largest absolute Gasteiger partial charge is 0.465 e. The lowest BCUT2D eigenvalue weighted by atomic mass is 10.1. The fourth-order valence-corrected chi connectivity index (χ4v) is 2.84. The molecule has 172 valence electrons. The molecule has 0 atom stereocenters. The first-order valence-corrected chi connectivity index (χ1v) is 10.3. The molecule has 0 saturated heterocycles. The molecule has 0 amide bonds. The number of H-pyrrole nitrogens is 2. The van der Waals surface area contributed by atoms with E-state index in [1.54, 1.807) is 18.3 Å². The fourth-order valence-electron chi connectivity index (χ4n) is 2.51. The summed E-state index contributed by atoms with van der Waals surface area (Å²) in [7, 11) is 2.43. The molecule has 2 N–H and O–H groups in total. The number of hydrogen-bond acceptors (Lipinski definition) is 4. The average Bonchev–Trinajstić information content (AvgIpc) is 3.55.